The number of anilines is 1. The van der Waals surface area contributed by atoms with Crippen molar-refractivity contribution in [3.05, 3.63) is 47.6 Å². The molecule has 1 heterocycles. The maximum atomic E-state index is 12.0. The number of hydrogen-bond acceptors (Lipinski definition) is 4. The second-order valence-electron chi connectivity index (χ2n) is 4.20. The largest absolute Gasteiger partial charge is 0.573 e. The first-order chi connectivity index (χ1) is 10.8. The van der Waals surface area contributed by atoms with E-state index in [1.807, 2.05) is 0 Å². The van der Waals surface area contributed by atoms with Crippen molar-refractivity contribution in [2.75, 3.05) is 11.1 Å². The topological polar surface area (TPSA) is 51.2 Å². The van der Waals surface area contributed by atoms with E-state index in [1.54, 1.807) is 18.3 Å². The van der Waals surface area contributed by atoms with Gasteiger partial charge >= 0.3 is 6.36 Å². The molecule has 2 aromatic rings. The molecule has 0 unspecified atom stereocenters. The summed E-state index contributed by atoms with van der Waals surface area (Å²) in [5.74, 6) is -0.622. The van der Waals surface area contributed by atoms with E-state index in [2.05, 4.69) is 15.0 Å². The summed E-state index contributed by atoms with van der Waals surface area (Å²) in [5.41, 5.74) is 0.359. The number of carbonyl (C=O) groups is 1. The Bertz CT molecular complexity index is 680. The molecular weight excluding hydrogens is 353 g/mol. The zero-order valence-corrected chi connectivity index (χ0v) is 13.0. The van der Waals surface area contributed by atoms with E-state index in [9.17, 15) is 18.0 Å². The summed E-state index contributed by atoms with van der Waals surface area (Å²) in [5, 5.41) is 3.52. The molecule has 0 aliphatic rings. The van der Waals surface area contributed by atoms with Gasteiger partial charge in [-0.3, -0.25) is 4.79 Å². The Hall–Kier alpha value is -1.93. The van der Waals surface area contributed by atoms with Gasteiger partial charge in [-0.2, -0.15) is 0 Å². The molecule has 2 rings (SSSR count). The molecule has 0 aliphatic heterocycles. The first kappa shape index (κ1) is 17.4. The molecule has 0 radical (unpaired) electrons. The fraction of sp³-hybridized carbons (Fsp3) is 0.143. The van der Waals surface area contributed by atoms with Gasteiger partial charge in [0.15, 0.2) is 0 Å². The highest BCUT2D eigenvalue weighted by molar-refractivity contribution is 8.00. The fourth-order valence-electron chi connectivity index (χ4n) is 1.55. The van der Waals surface area contributed by atoms with Crippen molar-refractivity contribution in [3.63, 3.8) is 0 Å². The molecule has 0 spiro atoms. The minimum Gasteiger partial charge on any atom is -0.406 e. The van der Waals surface area contributed by atoms with Crippen LogP contribution in [0.2, 0.25) is 5.02 Å². The lowest BCUT2D eigenvalue weighted by Crippen LogP contribution is -2.17. The number of carbonyl (C=O) groups excluding carboxylic acids is 1. The van der Waals surface area contributed by atoms with Crippen LogP contribution in [0.15, 0.2) is 47.6 Å². The molecule has 0 atom stereocenters. The molecular formula is C14H10ClF3N2O2S. The highest BCUT2D eigenvalue weighted by Crippen LogP contribution is 2.25. The SMILES string of the molecule is O=C(CSc1ncccc1Cl)Nc1ccc(OC(F)(F)F)cc1. The highest BCUT2D eigenvalue weighted by atomic mass is 35.5. The van der Waals surface area contributed by atoms with Gasteiger partial charge in [-0.1, -0.05) is 23.4 Å². The van der Waals surface area contributed by atoms with Gasteiger partial charge in [0, 0.05) is 11.9 Å². The molecule has 1 aromatic heterocycles. The maximum Gasteiger partial charge on any atom is 0.573 e. The number of nitrogens with one attached hydrogen (secondary N) is 1. The molecule has 0 bridgehead atoms. The number of benzene rings is 1. The third-order valence-electron chi connectivity index (χ3n) is 2.44. The van der Waals surface area contributed by atoms with Gasteiger partial charge in [0.05, 0.1) is 10.8 Å². The Labute approximate surface area is 139 Å². The van der Waals surface area contributed by atoms with Crippen LogP contribution in [0.4, 0.5) is 18.9 Å². The lowest BCUT2D eigenvalue weighted by atomic mass is 10.3. The van der Waals surface area contributed by atoms with Gasteiger partial charge in [0.25, 0.3) is 0 Å². The van der Waals surface area contributed by atoms with Crippen molar-refractivity contribution in [1.29, 1.82) is 0 Å². The Morgan fingerprint density at radius 3 is 2.57 bits per heavy atom. The van der Waals surface area contributed by atoms with Crippen LogP contribution in [-0.4, -0.2) is 23.0 Å². The number of halogens is 4. The minimum atomic E-state index is -4.75. The van der Waals surface area contributed by atoms with Crippen LogP contribution in [0.1, 0.15) is 0 Å². The van der Waals surface area contributed by atoms with Gasteiger partial charge < -0.3 is 10.1 Å². The second kappa shape index (κ2) is 7.56. The Balaban J connectivity index is 1.87. The summed E-state index contributed by atoms with van der Waals surface area (Å²) >= 11 is 7.07. The van der Waals surface area contributed by atoms with Crippen LogP contribution in [0.25, 0.3) is 0 Å². The molecule has 23 heavy (non-hydrogen) atoms. The summed E-state index contributed by atoms with van der Waals surface area (Å²) in [6.45, 7) is 0. The average molecular weight is 363 g/mol. The summed E-state index contributed by atoms with van der Waals surface area (Å²) < 4.78 is 39.8. The normalized spacial score (nSPS) is 11.1. The van der Waals surface area contributed by atoms with E-state index in [0.717, 1.165) is 23.9 Å². The number of nitrogens with zero attached hydrogens (tertiary/aromatic N) is 1. The quantitative estimate of drug-likeness (QED) is 0.803. The van der Waals surface area contributed by atoms with Crippen LogP contribution >= 0.6 is 23.4 Å². The molecule has 4 nitrogen and oxygen atoms in total. The molecule has 0 aliphatic carbocycles. The van der Waals surface area contributed by atoms with E-state index in [0.29, 0.717) is 15.7 Å². The van der Waals surface area contributed by atoms with Gasteiger partial charge in [-0.15, -0.1) is 13.2 Å². The van der Waals surface area contributed by atoms with Crippen LogP contribution in [-0.2, 0) is 4.79 Å². The molecule has 1 aromatic carbocycles. The Kier molecular flexibility index (Phi) is 5.73. The molecule has 0 fully saturated rings. The van der Waals surface area contributed by atoms with E-state index >= 15 is 0 Å². The summed E-state index contributed by atoms with van der Waals surface area (Å²) in [4.78, 5) is 15.8. The monoisotopic (exact) mass is 362 g/mol. The van der Waals surface area contributed by atoms with Gasteiger partial charge in [0.2, 0.25) is 5.91 Å². The van der Waals surface area contributed by atoms with Gasteiger partial charge in [-0.25, -0.2) is 4.98 Å². The number of ether oxygens (including phenoxy) is 1. The van der Waals surface area contributed by atoms with Crippen molar-refractivity contribution in [1.82, 2.24) is 4.98 Å². The van der Waals surface area contributed by atoms with Gasteiger partial charge in [-0.05, 0) is 36.4 Å². The van der Waals surface area contributed by atoms with Crippen molar-refractivity contribution in [2.24, 2.45) is 0 Å². The van der Waals surface area contributed by atoms with Crippen LogP contribution in [0.3, 0.4) is 0 Å². The molecule has 1 N–H and O–H groups in total. The smallest absolute Gasteiger partial charge is 0.406 e. The molecule has 122 valence electrons. The summed E-state index contributed by atoms with van der Waals surface area (Å²) in [6, 6.07) is 8.21. The van der Waals surface area contributed by atoms with Crippen molar-refractivity contribution >= 4 is 35.0 Å². The zero-order valence-electron chi connectivity index (χ0n) is 11.4. The number of aromatic nitrogens is 1. The predicted octanol–water partition coefficient (Wildman–Crippen LogP) is 4.36. The lowest BCUT2D eigenvalue weighted by Gasteiger charge is -2.10. The number of alkyl halides is 3. The van der Waals surface area contributed by atoms with E-state index in [1.165, 1.54) is 12.1 Å². The minimum absolute atomic E-state index is 0.0670. The highest BCUT2D eigenvalue weighted by Gasteiger charge is 2.30. The van der Waals surface area contributed by atoms with E-state index < -0.39 is 6.36 Å². The summed E-state index contributed by atoms with van der Waals surface area (Å²) in [7, 11) is 0. The number of amides is 1. The Morgan fingerprint density at radius 1 is 1.26 bits per heavy atom. The predicted molar refractivity (Wildman–Crippen MR) is 81.7 cm³/mol. The fourth-order valence-corrected chi connectivity index (χ4v) is 2.51. The van der Waals surface area contributed by atoms with E-state index in [-0.39, 0.29) is 17.4 Å². The van der Waals surface area contributed by atoms with Crippen LogP contribution in [0.5, 0.6) is 5.75 Å². The standard InChI is InChI=1S/C14H10ClF3N2O2S/c15-11-2-1-7-19-13(11)23-8-12(21)20-9-3-5-10(6-4-9)22-14(16,17)18/h1-7H,8H2,(H,20,21). The number of pyridine rings is 1. The van der Waals surface area contributed by atoms with Crippen molar-refractivity contribution < 1.29 is 22.7 Å². The average Bonchev–Trinajstić information content (AvgIpc) is 2.47. The first-order valence-electron chi connectivity index (χ1n) is 6.22. The van der Waals surface area contributed by atoms with Crippen molar-refractivity contribution in [3.8, 4) is 5.75 Å². The van der Waals surface area contributed by atoms with Gasteiger partial charge in [0.1, 0.15) is 10.8 Å². The molecule has 0 saturated carbocycles. The molecule has 1 amide bonds. The lowest BCUT2D eigenvalue weighted by molar-refractivity contribution is -0.274. The Morgan fingerprint density at radius 2 is 1.96 bits per heavy atom. The van der Waals surface area contributed by atoms with E-state index in [4.69, 9.17) is 11.6 Å². The van der Waals surface area contributed by atoms with Crippen LogP contribution < -0.4 is 10.1 Å². The number of hydrogen-bond donors (Lipinski definition) is 1. The number of rotatable bonds is 5. The molecule has 9 heteroatoms. The maximum absolute atomic E-state index is 12.0. The zero-order chi connectivity index (χ0) is 16.9. The number of thioether (sulfide) groups is 1. The third kappa shape index (κ3) is 5.99. The van der Waals surface area contributed by atoms with Crippen LogP contribution in [0, 0.1) is 0 Å². The first-order valence-corrected chi connectivity index (χ1v) is 7.59. The third-order valence-corrected chi connectivity index (χ3v) is 3.86. The van der Waals surface area contributed by atoms with Crippen molar-refractivity contribution in [2.45, 2.75) is 11.4 Å². The summed E-state index contributed by atoms with van der Waals surface area (Å²) in [6.07, 6.45) is -3.19. The molecule has 0 saturated heterocycles. The second-order valence-corrected chi connectivity index (χ2v) is 5.57.